The van der Waals surface area contributed by atoms with E-state index in [9.17, 15) is 9.59 Å². The minimum atomic E-state index is -0.360. The van der Waals surface area contributed by atoms with Crippen molar-refractivity contribution in [3.8, 4) is 0 Å². The normalized spacial score (nSPS) is 39.9. The second-order valence-corrected chi connectivity index (χ2v) is 10.4. The molecule has 4 bridgehead atoms. The van der Waals surface area contributed by atoms with Gasteiger partial charge in [0.25, 0.3) is 0 Å². The average Bonchev–Trinajstić information content (AvgIpc) is 2.57. The van der Waals surface area contributed by atoms with E-state index in [2.05, 4.69) is 26.1 Å². The van der Waals surface area contributed by atoms with E-state index < -0.39 is 0 Å². The molecule has 4 aliphatic carbocycles. The van der Waals surface area contributed by atoms with Gasteiger partial charge in [0, 0.05) is 18.5 Å². The fourth-order valence-electron chi connectivity index (χ4n) is 6.78. The van der Waals surface area contributed by atoms with E-state index in [-0.39, 0.29) is 29.2 Å². The number of carbonyl (C=O) groups excluding carboxylic acids is 2. The van der Waals surface area contributed by atoms with Gasteiger partial charge in [-0.2, -0.15) is 0 Å². The summed E-state index contributed by atoms with van der Waals surface area (Å²) < 4.78 is 0. The van der Waals surface area contributed by atoms with Gasteiger partial charge in [-0.1, -0.05) is 20.8 Å². The van der Waals surface area contributed by atoms with Crippen molar-refractivity contribution in [3.05, 3.63) is 0 Å². The van der Waals surface area contributed by atoms with Crippen molar-refractivity contribution >= 4 is 11.8 Å². The monoisotopic (exact) mass is 360 g/mol. The number of likely N-dealkylation sites (tertiary alicyclic amines) is 1. The highest BCUT2D eigenvalue weighted by atomic mass is 16.2. The highest BCUT2D eigenvalue weighted by Crippen LogP contribution is 2.60. The van der Waals surface area contributed by atoms with Crippen molar-refractivity contribution in [1.29, 1.82) is 0 Å². The molecule has 0 radical (unpaired) electrons. The van der Waals surface area contributed by atoms with Crippen LogP contribution in [0.4, 0.5) is 0 Å². The van der Waals surface area contributed by atoms with Crippen molar-refractivity contribution in [2.75, 3.05) is 13.1 Å². The summed E-state index contributed by atoms with van der Waals surface area (Å²) in [5.41, 5.74) is -0.169. The molecule has 1 N–H and O–H groups in total. The quantitative estimate of drug-likeness (QED) is 0.833. The van der Waals surface area contributed by atoms with Gasteiger partial charge >= 0.3 is 0 Å². The van der Waals surface area contributed by atoms with Crippen molar-refractivity contribution in [2.24, 2.45) is 35.0 Å². The molecule has 5 aliphatic rings. The number of amides is 2. The molecule has 2 amide bonds. The first-order chi connectivity index (χ1) is 12.4. The van der Waals surface area contributed by atoms with E-state index in [1.54, 1.807) is 0 Å². The van der Waals surface area contributed by atoms with Crippen LogP contribution in [-0.4, -0.2) is 35.8 Å². The maximum absolute atomic E-state index is 13.4. The third kappa shape index (κ3) is 3.29. The Labute approximate surface area is 158 Å². The third-order valence-corrected chi connectivity index (χ3v) is 7.71. The number of carbonyl (C=O) groups is 2. The van der Waals surface area contributed by atoms with Crippen LogP contribution < -0.4 is 5.32 Å². The Morgan fingerprint density at radius 3 is 2.12 bits per heavy atom. The standard InChI is InChI=1S/C22H36N2O2/c1-14(2)19(20(25)24-6-4-5-15(3)13-24)23-21(26)22-10-16-7-17(11-22)9-18(8-16)12-22/h14-19H,4-13H2,1-3H3,(H,23,26)/t15-,16?,17?,18?,19+,22?/m1/s1. The smallest absolute Gasteiger partial charge is 0.245 e. The lowest BCUT2D eigenvalue weighted by atomic mass is 9.49. The summed E-state index contributed by atoms with van der Waals surface area (Å²) in [6.45, 7) is 8.04. The van der Waals surface area contributed by atoms with Crippen LogP contribution in [0.3, 0.4) is 0 Å². The lowest BCUT2D eigenvalue weighted by Crippen LogP contribution is -2.59. The molecule has 4 saturated carbocycles. The van der Waals surface area contributed by atoms with Gasteiger partial charge in [0.2, 0.25) is 11.8 Å². The highest BCUT2D eigenvalue weighted by Gasteiger charge is 2.55. The van der Waals surface area contributed by atoms with Gasteiger partial charge in [0.05, 0.1) is 0 Å². The summed E-state index contributed by atoms with van der Waals surface area (Å²) in [6.07, 6.45) is 9.48. The van der Waals surface area contributed by atoms with Crippen molar-refractivity contribution < 1.29 is 9.59 Å². The molecule has 0 aromatic rings. The van der Waals surface area contributed by atoms with Crippen LogP contribution in [0.2, 0.25) is 0 Å². The summed E-state index contributed by atoms with van der Waals surface area (Å²) in [5, 5.41) is 3.26. The molecule has 0 unspecified atom stereocenters. The summed E-state index contributed by atoms with van der Waals surface area (Å²) in [5.74, 6) is 3.30. The van der Waals surface area contributed by atoms with Gasteiger partial charge in [-0.05, 0) is 81.0 Å². The topological polar surface area (TPSA) is 49.4 Å². The third-order valence-electron chi connectivity index (χ3n) is 7.71. The first-order valence-electron chi connectivity index (χ1n) is 11.0. The number of piperidine rings is 1. The van der Waals surface area contributed by atoms with Crippen LogP contribution in [0, 0.1) is 35.0 Å². The summed E-state index contributed by atoms with van der Waals surface area (Å²) >= 11 is 0. The predicted molar refractivity (Wildman–Crippen MR) is 102 cm³/mol. The lowest BCUT2D eigenvalue weighted by Gasteiger charge is -2.56. The van der Waals surface area contributed by atoms with Gasteiger partial charge in [-0.3, -0.25) is 9.59 Å². The largest absolute Gasteiger partial charge is 0.344 e. The molecule has 0 spiro atoms. The molecular formula is C22H36N2O2. The minimum absolute atomic E-state index is 0.137. The Kier molecular flexibility index (Phi) is 4.81. The second kappa shape index (κ2) is 6.83. The molecule has 5 fully saturated rings. The molecular weight excluding hydrogens is 324 g/mol. The van der Waals surface area contributed by atoms with E-state index in [1.165, 1.54) is 25.7 Å². The second-order valence-electron chi connectivity index (χ2n) is 10.4. The number of rotatable bonds is 4. The van der Waals surface area contributed by atoms with Crippen LogP contribution in [0.25, 0.3) is 0 Å². The van der Waals surface area contributed by atoms with Crippen LogP contribution in [0.1, 0.15) is 72.1 Å². The molecule has 146 valence electrons. The highest BCUT2D eigenvalue weighted by molar-refractivity contribution is 5.90. The van der Waals surface area contributed by atoms with E-state index in [0.29, 0.717) is 5.92 Å². The van der Waals surface area contributed by atoms with E-state index in [1.807, 2.05) is 4.90 Å². The zero-order valence-corrected chi connectivity index (χ0v) is 16.8. The SMILES string of the molecule is CC(C)[C@H](NC(=O)C12CC3CC(CC(C3)C1)C2)C(=O)N1CCC[C@@H](C)C1. The number of nitrogens with one attached hydrogen (secondary N) is 1. The number of hydrogen-bond acceptors (Lipinski definition) is 2. The fraction of sp³-hybridized carbons (Fsp3) is 0.909. The predicted octanol–water partition coefficient (Wildman–Crippen LogP) is 3.60. The van der Waals surface area contributed by atoms with Crippen LogP contribution in [0.15, 0.2) is 0 Å². The van der Waals surface area contributed by atoms with E-state index >= 15 is 0 Å². The maximum atomic E-state index is 13.4. The maximum Gasteiger partial charge on any atom is 0.245 e. The zero-order chi connectivity index (χ0) is 18.5. The van der Waals surface area contributed by atoms with Gasteiger partial charge in [0.1, 0.15) is 6.04 Å². The first kappa shape index (κ1) is 18.3. The summed E-state index contributed by atoms with van der Waals surface area (Å²) in [6, 6.07) is -0.360. The molecule has 4 nitrogen and oxygen atoms in total. The van der Waals surface area contributed by atoms with Gasteiger partial charge in [-0.25, -0.2) is 0 Å². The van der Waals surface area contributed by atoms with Crippen LogP contribution in [0.5, 0.6) is 0 Å². The number of hydrogen-bond donors (Lipinski definition) is 1. The Morgan fingerprint density at radius 1 is 1.04 bits per heavy atom. The molecule has 1 aliphatic heterocycles. The Balaban J connectivity index is 1.46. The Bertz CT molecular complexity index is 535. The van der Waals surface area contributed by atoms with Crippen molar-refractivity contribution in [1.82, 2.24) is 10.2 Å². The van der Waals surface area contributed by atoms with Gasteiger partial charge < -0.3 is 10.2 Å². The average molecular weight is 361 g/mol. The molecule has 0 aromatic carbocycles. The number of nitrogens with zero attached hydrogens (tertiary/aromatic N) is 1. The van der Waals surface area contributed by atoms with Gasteiger partial charge in [0.15, 0.2) is 0 Å². The first-order valence-corrected chi connectivity index (χ1v) is 11.0. The fourth-order valence-corrected chi connectivity index (χ4v) is 6.78. The summed E-state index contributed by atoms with van der Waals surface area (Å²) in [7, 11) is 0. The van der Waals surface area contributed by atoms with Crippen LogP contribution >= 0.6 is 0 Å². The van der Waals surface area contributed by atoms with E-state index in [0.717, 1.165) is 56.5 Å². The molecule has 4 heteroatoms. The molecule has 2 atom stereocenters. The Morgan fingerprint density at radius 2 is 1.62 bits per heavy atom. The molecule has 26 heavy (non-hydrogen) atoms. The zero-order valence-electron chi connectivity index (χ0n) is 16.8. The van der Waals surface area contributed by atoms with Crippen molar-refractivity contribution in [3.63, 3.8) is 0 Å². The van der Waals surface area contributed by atoms with Crippen molar-refractivity contribution in [2.45, 2.75) is 78.2 Å². The molecule has 1 saturated heterocycles. The summed E-state index contributed by atoms with van der Waals surface area (Å²) in [4.78, 5) is 28.5. The molecule has 5 rings (SSSR count). The van der Waals surface area contributed by atoms with Crippen LogP contribution in [-0.2, 0) is 9.59 Å². The van der Waals surface area contributed by atoms with E-state index in [4.69, 9.17) is 0 Å². The molecule has 1 heterocycles. The Hall–Kier alpha value is -1.06. The minimum Gasteiger partial charge on any atom is -0.344 e. The molecule has 0 aromatic heterocycles. The van der Waals surface area contributed by atoms with Gasteiger partial charge in [-0.15, -0.1) is 0 Å². The lowest BCUT2D eigenvalue weighted by molar-refractivity contribution is -0.151.